The fourth-order valence-corrected chi connectivity index (χ4v) is 1.99. The molecule has 0 saturated heterocycles. The van der Waals surface area contributed by atoms with Gasteiger partial charge in [-0.15, -0.1) is 0 Å². The van der Waals surface area contributed by atoms with E-state index in [4.69, 9.17) is 9.05 Å². The number of aromatic nitrogens is 4. The maximum atomic E-state index is 5.27. The molecule has 0 aromatic carbocycles. The Bertz CT molecular complexity index is 707. The van der Waals surface area contributed by atoms with E-state index in [9.17, 15) is 0 Å². The Hall–Kier alpha value is -2.54. The van der Waals surface area contributed by atoms with Crippen LogP contribution in [0.5, 0.6) is 0 Å². The minimum atomic E-state index is 0.546. The Morgan fingerprint density at radius 1 is 1.10 bits per heavy atom. The molecule has 0 radical (unpaired) electrons. The first-order chi connectivity index (χ1) is 10.2. The first-order valence-corrected chi connectivity index (χ1v) is 6.54. The predicted molar refractivity (Wildman–Crippen MR) is 73.9 cm³/mol. The number of pyridine rings is 1. The topological polar surface area (TPSA) is 81.1 Å². The van der Waals surface area contributed by atoms with E-state index in [0.29, 0.717) is 24.8 Å². The normalized spacial score (nSPS) is 11.2. The average Bonchev–Trinajstić information content (AvgIpc) is 3.09. The molecule has 0 unspecified atom stereocenters. The van der Waals surface area contributed by atoms with E-state index in [2.05, 4.69) is 20.3 Å². The molecule has 0 atom stereocenters. The van der Waals surface area contributed by atoms with Gasteiger partial charge in [0, 0.05) is 30.6 Å². The highest BCUT2D eigenvalue weighted by atomic mass is 16.5. The van der Waals surface area contributed by atoms with Crippen LogP contribution in [-0.2, 0) is 13.1 Å². The van der Waals surface area contributed by atoms with Gasteiger partial charge in [-0.05, 0) is 26.1 Å². The molecule has 7 nitrogen and oxygen atoms in total. The molecule has 0 amide bonds. The molecule has 21 heavy (non-hydrogen) atoms. The fourth-order valence-electron chi connectivity index (χ4n) is 1.99. The third-order valence-electron chi connectivity index (χ3n) is 2.92. The van der Waals surface area contributed by atoms with Gasteiger partial charge in [-0.25, -0.2) is 0 Å². The average molecular weight is 285 g/mol. The van der Waals surface area contributed by atoms with E-state index in [-0.39, 0.29) is 0 Å². The van der Waals surface area contributed by atoms with Crippen molar-refractivity contribution in [2.75, 3.05) is 7.05 Å². The first kappa shape index (κ1) is 13.4. The van der Waals surface area contributed by atoms with Crippen molar-refractivity contribution in [1.29, 1.82) is 0 Å². The molecule has 0 aliphatic rings. The Morgan fingerprint density at radius 3 is 2.62 bits per heavy atom. The van der Waals surface area contributed by atoms with Crippen LogP contribution >= 0.6 is 0 Å². The molecule has 3 aromatic rings. The minimum absolute atomic E-state index is 0.546. The minimum Gasteiger partial charge on any atom is -0.361 e. The van der Waals surface area contributed by atoms with Gasteiger partial charge in [-0.1, -0.05) is 10.3 Å². The number of rotatable bonds is 5. The number of hydrogen-bond donors (Lipinski definition) is 0. The summed E-state index contributed by atoms with van der Waals surface area (Å²) in [6, 6.07) is 5.60. The van der Waals surface area contributed by atoms with Gasteiger partial charge < -0.3 is 9.05 Å². The number of nitrogens with zero attached hydrogens (tertiary/aromatic N) is 5. The molecule has 3 heterocycles. The van der Waals surface area contributed by atoms with Crippen molar-refractivity contribution in [3.63, 3.8) is 0 Å². The Kier molecular flexibility index (Phi) is 3.74. The van der Waals surface area contributed by atoms with Crippen LogP contribution in [0.1, 0.15) is 17.3 Å². The highest BCUT2D eigenvalue weighted by Gasteiger charge is 2.12. The van der Waals surface area contributed by atoms with Crippen LogP contribution in [0.4, 0.5) is 0 Å². The second-order valence-electron chi connectivity index (χ2n) is 4.85. The van der Waals surface area contributed by atoms with Crippen LogP contribution in [-0.4, -0.2) is 32.2 Å². The van der Waals surface area contributed by atoms with Gasteiger partial charge in [0.1, 0.15) is 5.76 Å². The predicted octanol–water partition coefficient (Wildman–Crippen LogP) is 2.06. The van der Waals surface area contributed by atoms with Gasteiger partial charge in [0.05, 0.1) is 12.2 Å². The molecule has 7 heteroatoms. The monoisotopic (exact) mass is 285 g/mol. The Labute approximate surface area is 121 Å². The second kappa shape index (κ2) is 5.84. The van der Waals surface area contributed by atoms with E-state index in [1.165, 1.54) is 0 Å². The SMILES string of the molecule is Cc1cc(CN(C)Cc2nc(-c3ccncc3)no2)no1. The van der Waals surface area contributed by atoms with Gasteiger partial charge in [0.25, 0.3) is 0 Å². The molecule has 3 rings (SSSR count). The van der Waals surface area contributed by atoms with Crippen LogP contribution in [0, 0.1) is 6.92 Å². The van der Waals surface area contributed by atoms with Crippen LogP contribution in [0.2, 0.25) is 0 Å². The molecular weight excluding hydrogens is 270 g/mol. The summed E-state index contributed by atoms with van der Waals surface area (Å²) >= 11 is 0. The van der Waals surface area contributed by atoms with Gasteiger partial charge in [0.15, 0.2) is 0 Å². The summed E-state index contributed by atoms with van der Waals surface area (Å²) in [5.41, 5.74) is 1.76. The Morgan fingerprint density at radius 2 is 1.90 bits per heavy atom. The summed E-state index contributed by atoms with van der Waals surface area (Å²) < 4.78 is 10.3. The molecule has 108 valence electrons. The molecule has 0 fully saturated rings. The van der Waals surface area contributed by atoms with Crippen LogP contribution in [0.3, 0.4) is 0 Å². The highest BCUT2D eigenvalue weighted by molar-refractivity contribution is 5.52. The van der Waals surface area contributed by atoms with E-state index in [1.807, 2.05) is 37.1 Å². The Balaban J connectivity index is 1.64. The molecular formula is C14H15N5O2. The van der Waals surface area contributed by atoms with Gasteiger partial charge in [-0.3, -0.25) is 9.88 Å². The van der Waals surface area contributed by atoms with Crippen molar-refractivity contribution < 1.29 is 9.05 Å². The number of hydrogen-bond acceptors (Lipinski definition) is 7. The van der Waals surface area contributed by atoms with Gasteiger partial charge in [-0.2, -0.15) is 4.98 Å². The van der Waals surface area contributed by atoms with E-state index in [1.54, 1.807) is 12.4 Å². The van der Waals surface area contributed by atoms with E-state index < -0.39 is 0 Å². The maximum Gasteiger partial charge on any atom is 0.241 e. The molecule has 0 bridgehead atoms. The van der Waals surface area contributed by atoms with Crippen LogP contribution < -0.4 is 0 Å². The van der Waals surface area contributed by atoms with Crippen molar-refractivity contribution in [3.8, 4) is 11.4 Å². The maximum absolute atomic E-state index is 5.27. The highest BCUT2D eigenvalue weighted by Crippen LogP contribution is 2.15. The van der Waals surface area contributed by atoms with Crippen LogP contribution in [0.15, 0.2) is 39.6 Å². The third kappa shape index (κ3) is 3.32. The zero-order chi connectivity index (χ0) is 14.7. The lowest BCUT2D eigenvalue weighted by atomic mass is 10.2. The summed E-state index contributed by atoms with van der Waals surface area (Å²) in [6.07, 6.45) is 3.40. The van der Waals surface area contributed by atoms with Crippen molar-refractivity contribution in [2.45, 2.75) is 20.0 Å². The molecule has 0 aliphatic carbocycles. The first-order valence-electron chi connectivity index (χ1n) is 6.54. The van der Waals surface area contributed by atoms with Crippen molar-refractivity contribution in [1.82, 2.24) is 25.2 Å². The molecule has 3 aromatic heterocycles. The zero-order valence-electron chi connectivity index (χ0n) is 11.9. The van der Waals surface area contributed by atoms with Crippen molar-refractivity contribution >= 4 is 0 Å². The zero-order valence-corrected chi connectivity index (χ0v) is 11.9. The van der Waals surface area contributed by atoms with Crippen molar-refractivity contribution in [3.05, 3.63) is 47.9 Å². The quantitative estimate of drug-likeness (QED) is 0.709. The molecule has 0 aliphatic heterocycles. The lowest BCUT2D eigenvalue weighted by molar-refractivity contribution is 0.254. The number of aryl methyl sites for hydroxylation is 1. The smallest absolute Gasteiger partial charge is 0.241 e. The lowest BCUT2D eigenvalue weighted by Gasteiger charge is -2.11. The van der Waals surface area contributed by atoms with E-state index in [0.717, 1.165) is 17.0 Å². The fraction of sp³-hybridized carbons (Fsp3) is 0.286. The third-order valence-corrected chi connectivity index (χ3v) is 2.92. The molecule has 0 saturated carbocycles. The van der Waals surface area contributed by atoms with Gasteiger partial charge >= 0.3 is 0 Å². The second-order valence-corrected chi connectivity index (χ2v) is 4.85. The summed E-state index contributed by atoms with van der Waals surface area (Å²) in [5.74, 6) is 1.93. The van der Waals surface area contributed by atoms with Crippen molar-refractivity contribution in [2.24, 2.45) is 0 Å². The lowest BCUT2D eigenvalue weighted by Crippen LogP contribution is -2.17. The summed E-state index contributed by atoms with van der Waals surface area (Å²) in [5, 5.41) is 7.94. The van der Waals surface area contributed by atoms with Crippen LogP contribution in [0.25, 0.3) is 11.4 Å². The summed E-state index contributed by atoms with van der Waals surface area (Å²) in [7, 11) is 1.96. The largest absolute Gasteiger partial charge is 0.361 e. The summed E-state index contributed by atoms with van der Waals surface area (Å²) in [4.78, 5) is 10.4. The molecule has 0 spiro atoms. The van der Waals surface area contributed by atoms with E-state index >= 15 is 0 Å². The summed E-state index contributed by atoms with van der Waals surface area (Å²) in [6.45, 7) is 3.07. The standard InChI is InChI=1S/C14H15N5O2/c1-10-7-12(17-20-10)8-19(2)9-13-16-14(18-21-13)11-3-5-15-6-4-11/h3-7H,8-9H2,1-2H3. The molecule has 0 N–H and O–H groups in total. The van der Waals surface area contributed by atoms with Gasteiger partial charge in [0.2, 0.25) is 11.7 Å².